The molecule has 0 aliphatic heterocycles. The Balaban J connectivity index is 0.000000468. The van der Waals surface area contributed by atoms with E-state index in [-0.39, 0.29) is 11.1 Å². The van der Waals surface area contributed by atoms with Gasteiger partial charge in [0.25, 0.3) is 22.7 Å². The van der Waals surface area contributed by atoms with Crippen molar-refractivity contribution in [2.75, 3.05) is 0 Å². The number of rotatable bonds is 4. The van der Waals surface area contributed by atoms with Crippen LogP contribution >= 0.6 is 11.6 Å². The second-order valence-corrected chi connectivity index (χ2v) is 7.51. The van der Waals surface area contributed by atoms with Crippen molar-refractivity contribution >= 4 is 39.9 Å². The van der Waals surface area contributed by atoms with Gasteiger partial charge in [-0.25, -0.2) is 0 Å². The normalized spacial score (nSPS) is 10.5. The van der Waals surface area contributed by atoms with E-state index < -0.39 is 64.7 Å². The van der Waals surface area contributed by atoms with Crippen LogP contribution in [0.5, 0.6) is 0 Å². The minimum Gasteiger partial charge on any atom is -0.258 e. The van der Waals surface area contributed by atoms with Gasteiger partial charge in [0.1, 0.15) is 17.7 Å². The summed E-state index contributed by atoms with van der Waals surface area (Å²) in [6.45, 7) is 0. The maximum Gasteiger partial charge on any atom is 0.284 e. The van der Waals surface area contributed by atoms with Gasteiger partial charge in [0.05, 0.1) is 43.0 Å². The summed E-state index contributed by atoms with van der Waals surface area (Å²) < 4.78 is 0. The molecule has 3 aromatic rings. The third-order valence-electron chi connectivity index (χ3n) is 5.02. The summed E-state index contributed by atoms with van der Waals surface area (Å²) in [5.41, 5.74) is -5.98. The maximum absolute atomic E-state index is 11.6. The van der Waals surface area contributed by atoms with E-state index in [0.717, 1.165) is 17.2 Å². The summed E-state index contributed by atoms with van der Waals surface area (Å²) in [7, 11) is 0. The molecule has 0 saturated heterocycles. The quantitative estimate of drug-likeness (QED) is 0.187. The summed E-state index contributed by atoms with van der Waals surface area (Å²) in [5, 5.41) is 65.0. The number of non-ortho nitro benzene ring substituents is 2. The van der Waals surface area contributed by atoms with Gasteiger partial charge < -0.3 is 0 Å². The average molecular weight is 521 g/mol. The lowest BCUT2D eigenvalue weighted by atomic mass is 9.98. The first kappa shape index (κ1) is 25.9. The molecule has 0 heterocycles. The second-order valence-electron chi connectivity index (χ2n) is 7.07. The lowest BCUT2D eigenvalue weighted by molar-refractivity contribution is -0.395. The van der Waals surface area contributed by atoms with Crippen molar-refractivity contribution in [2.45, 2.75) is 0 Å². The molecule has 182 valence electrons. The van der Waals surface area contributed by atoms with Crippen LogP contribution in [-0.2, 0) is 0 Å². The Bertz CT molecular complexity index is 1520. The molecule has 0 atom stereocenters. The number of nitrogens with zero attached hydrogens (tertiary/aromatic N) is 6. The number of hydrogen-bond donors (Lipinski definition) is 0. The van der Waals surface area contributed by atoms with Crippen molar-refractivity contribution < 1.29 is 19.7 Å². The van der Waals surface area contributed by atoms with E-state index in [9.17, 15) is 51.0 Å². The van der Waals surface area contributed by atoms with Gasteiger partial charge in [-0.15, -0.1) is 0 Å². The van der Waals surface area contributed by atoms with Crippen LogP contribution in [0.25, 0.3) is 16.7 Å². The number of fused-ring (bicyclic) bond motifs is 3. The zero-order valence-corrected chi connectivity index (χ0v) is 18.8. The van der Waals surface area contributed by atoms with Gasteiger partial charge in [-0.3, -0.25) is 40.5 Å². The Morgan fingerprint density at radius 1 is 0.676 bits per heavy atom. The molecule has 0 amide bonds. The maximum atomic E-state index is 11.6. The van der Waals surface area contributed by atoms with E-state index >= 15 is 0 Å². The fourth-order valence-electron chi connectivity index (χ4n) is 3.61. The molecule has 0 saturated carbocycles. The standard InChI is InChI=1S/C16H4N6O8.C6H5Cl/c17-5-7(6-18)14-10-1-8(19(23)24)3-12(21(27)28)15(10)16-11(14)2-9(20(25)26)4-13(16)22(29)30;7-6-4-2-1-3-5-6/h1-4H;1-5H. The molecule has 37 heavy (non-hydrogen) atoms. The lowest BCUT2D eigenvalue weighted by Crippen LogP contribution is -1.99. The number of hydrogen-bond acceptors (Lipinski definition) is 10. The number of nitro groups is 4. The molecule has 0 radical (unpaired) electrons. The summed E-state index contributed by atoms with van der Waals surface area (Å²) >= 11 is 5.54. The minimum atomic E-state index is -1.01. The highest BCUT2D eigenvalue weighted by atomic mass is 35.5. The van der Waals surface area contributed by atoms with Crippen LogP contribution in [0.3, 0.4) is 0 Å². The lowest BCUT2D eigenvalue weighted by Gasteiger charge is -2.04. The SMILES string of the molecule is Clc1ccccc1.N#CC(C#N)=C1c2cc([N+](=O)[O-])cc([N+](=O)[O-])c2-c2c1cc([N+](=O)[O-])cc2[N+](=O)[O-]. The number of benzene rings is 3. The summed E-state index contributed by atoms with van der Waals surface area (Å²) in [6, 6.07) is 15.3. The first-order chi connectivity index (χ1) is 17.5. The van der Waals surface area contributed by atoms with Crippen molar-refractivity contribution in [3.63, 3.8) is 0 Å². The van der Waals surface area contributed by atoms with Crippen molar-refractivity contribution in [3.8, 4) is 23.3 Å². The number of nitriles is 2. The molecule has 0 bridgehead atoms. The van der Waals surface area contributed by atoms with E-state index in [1.54, 1.807) is 0 Å². The molecular weight excluding hydrogens is 512 g/mol. The van der Waals surface area contributed by atoms with Crippen LogP contribution in [0, 0.1) is 63.1 Å². The highest BCUT2D eigenvalue weighted by Crippen LogP contribution is 2.55. The molecule has 14 nitrogen and oxygen atoms in total. The minimum absolute atomic E-state index is 0.354. The average Bonchev–Trinajstić information content (AvgIpc) is 3.18. The van der Waals surface area contributed by atoms with Crippen LogP contribution in [0.2, 0.25) is 5.02 Å². The zero-order chi connectivity index (χ0) is 27.4. The van der Waals surface area contributed by atoms with E-state index in [1.807, 2.05) is 30.3 Å². The van der Waals surface area contributed by atoms with Crippen LogP contribution in [0.15, 0.2) is 60.2 Å². The van der Waals surface area contributed by atoms with Crippen molar-refractivity contribution in [2.24, 2.45) is 0 Å². The topological polar surface area (TPSA) is 220 Å². The first-order valence-corrected chi connectivity index (χ1v) is 10.1. The van der Waals surface area contributed by atoms with Gasteiger partial charge >= 0.3 is 0 Å². The largest absolute Gasteiger partial charge is 0.284 e. The number of allylic oxidation sites excluding steroid dienone is 1. The smallest absolute Gasteiger partial charge is 0.258 e. The van der Waals surface area contributed by atoms with Crippen molar-refractivity contribution in [3.05, 3.63) is 117 Å². The van der Waals surface area contributed by atoms with E-state index in [1.165, 1.54) is 12.1 Å². The molecule has 0 N–H and O–H groups in total. The molecule has 3 aromatic carbocycles. The Morgan fingerprint density at radius 3 is 1.35 bits per heavy atom. The van der Waals surface area contributed by atoms with Crippen LogP contribution < -0.4 is 0 Å². The zero-order valence-electron chi connectivity index (χ0n) is 18.0. The van der Waals surface area contributed by atoms with E-state index in [2.05, 4.69) is 0 Å². The van der Waals surface area contributed by atoms with Crippen LogP contribution in [0.4, 0.5) is 22.7 Å². The highest BCUT2D eigenvalue weighted by Gasteiger charge is 2.41. The van der Waals surface area contributed by atoms with Gasteiger partial charge in [-0.1, -0.05) is 29.8 Å². The monoisotopic (exact) mass is 520 g/mol. The third-order valence-corrected chi connectivity index (χ3v) is 5.27. The predicted octanol–water partition coefficient (Wildman–Crippen LogP) is 5.49. The van der Waals surface area contributed by atoms with Gasteiger partial charge in [0.2, 0.25) is 0 Å². The Morgan fingerprint density at radius 2 is 1.08 bits per heavy atom. The Labute approximate surface area is 210 Å². The highest BCUT2D eigenvalue weighted by molar-refractivity contribution is 6.30. The van der Waals surface area contributed by atoms with Crippen LogP contribution in [-0.4, -0.2) is 19.7 Å². The Hall–Kier alpha value is -5.73. The molecule has 0 spiro atoms. The van der Waals surface area contributed by atoms with E-state index in [4.69, 9.17) is 11.6 Å². The fourth-order valence-corrected chi connectivity index (χ4v) is 3.75. The molecule has 1 aliphatic carbocycles. The number of nitro benzene ring substituents is 4. The van der Waals surface area contributed by atoms with Crippen molar-refractivity contribution in [1.29, 1.82) is 10.5 Å². The van der Waals surface area contributed by atoms with Gasteiger partial charge in [0, 0.05) is 33.9 Å². The second kappa shape index (κ2) is 10.3. The molecule has 4 rings (SSSR count). The predicted molar refractivity (Wildman–Crippen MR) is 127 cm³/mol. The van der Waals surface area contributed by atoms with Gasteiger partial charge in [-0.2, -0.15) is 10.5 Å². The Kier molecular flexibility index (Phi) is 7.18. The summed E-state index contributed by atoms with van der Waals surface area (Å²) in [4.78, 5) is 41.7. The van der Waals surface area contributed by atoms with E-state index in [0.29, 0.717) is 12.1 Å². The molecular formula is C22H9ClN6O8. The first-order valence-electron chi connectivity index (χ1n) is 9.71. The fraction of sp³-hybridized carbons (Fsp3) is 0. The third kappa shape index (κ3) is 4.90. The summed E-state index contributed by atoms with van der Waals surface area (Å²) in [6.07, 6.45) is 0. The van der Waals surface area contributed by atoms with Crippen molar-refractivity contribution in [1.82, 2.24) is 0 Å². The molecule has 1 aliphatic rings. The van der Waals surface area contributed by atoms with Gasteiger partial charge in [0.15, 0.2) is 0 Å². The van der Waals surface area contributed by atoms with Gasteiger partial charge in [-0.05, 0) is 12.1 Å². The van der Waals surface area contributed by atoms with Crippen LogP contribution in [0.1, 0.15) is 11.1 Å². The number of halogens is 1. The molecule has 15 heteroatoms. The molecule has 0 unspecified atom stereocenters. The molecule has 0 aromatic heterocycles. The molecule has 0 fully saturated rings. The summed E-state index contributed by atoms with van der Waals surface area (Å²) in [5.74, 6) is 0.